The Hall–Kier alpha value is -1.06. The molecule has 0 spiro atoms. The fourth-order valence-electron chi connectivity index (χ4n) is 1.29. The van der Waals surface area contributed by atoms with E-state index in [1.165, 1.54) is 0 Å². The van der Waals surface area contributed by atoms with Crippen LogP contribution >= 0.6 is 11.3 Å². The molecule has 0 aliphatic carbocycles. The Balaban J connectivity index is 2.54. The zero-order chi connectivity index (χ0) is 11.8. The molecule has 0 aliphatic rings. The maximum Gasteiger partial charge on any atom is 0.289 e. The van der Waals surface area contributed by atoms with Crippen LogP contribution in [0.2, 0.25) is 0 Å². The van der Waals surface area contributed by atoms with Crippen LogP contribution in [0.3, 0.4) is 0 Å². The molecule has 1 unspecified atom stereocenters. The minimum atomic E-state index is -4.30. The van der Waals surface area contributed by atoms with Crippen molar-refractivity contribution in [3.8, 4) is 0 Å². The van der Waals surface area contributed by atoms with E-state index in [1.807, 2.05) is 17.6 Å². The van der Waals surface area contributed by atoms with Crippen molar-refractivity contribution < 1.29 is 13.0 Å². The predicted molar refractivity (Wildman–Crippen MR) is 61.2 cm³/mol. The summed E-state index contributed by atoms with van der Waals surface area (Å²) in [5.74, 6) is 5.09. The molecule has 0 fully saturated rings. The van der Waals surface area contributed by atoms with E-state index in [0.29, 0.717) is 5.52 Å². The highest BCUT2D eigenvalue weighted by atomic mass is 32.2. The fourth-order valence-corrected chi connectivity index (χ4v) is 3.18. The van der Waals surface area contributed by atoms with Gasteiger partial charge in [0.15, 0.2) is 5.37 Å². The van der Waals surface area contributed by atoms with Crippen molar-refractivity contribution in [2.24, 2.45) is 5.84 Å². The third-order valence-electron chi connectivity index (χ3n) is 1.98. The molecule has 1 aromatic carbocycles. The van der Waals surface area contributed by atoms with Crippen LogP contribution in [0.25, 0.3) is 10.2 Å². The standard InChI is InChI=1S/C8H9N3O3S2/c9-11-8(16(12,13)14)7-10-5-3-1-2-4-6(5)15-7/h1-4,8,11H,9H2,(H,12,13,14). The van der Waals surface area contributed by atoms with Crippen LogP contribution in [-0.4, -0.2) is 18.0 Å². The Bertz CT molecular complexity index is 575. The summed E-state index contributed by atoms with van der Waals surface area (Å²) in [5.41, 5.74) is 2.70. The molecule has 0 bridgehead atoms. The van der Waals surface area contributed by atoms with Crippen molar-refractivity contribution in [1.29, 1.82) is 0 Å². The lowest BCUT2D eigenvalue weighted by atomic mass is 10.3. The van der Waals surface area contributed by atoms with Gasteiger partial charge in [-0.1, -0.05) is 12.1 Å². The van der Waals surface area contributed by atoms with Gasteiger partial charge in [-0.25, -0.2) is 10.4 Å². The summed E-state index contributed by atoms with van der Waals surface area (Å²) in [5, 5.41) is -1.17. The average molecular weight is 259 g/mol. The third kappa shape index (κ3) is 2.06. The molecule has 2 aromatic rings. The number of nitrogens with two attached hydrogens (primary N) is 1. The average Bonchev–Trinajstić information content (AvgIpc) is 2.59. The summed E-state index contributed by atoms with van der Waals surface area (Å²) >= 11 is 1.16. The number of nitrogens with one attached hydrogen (secondary N) is 1. The van der Waals surface area contributed by atoms with Crippen molar-refractivity contribution in [2.45, 2.75) is 5.37 Å². The van der Waals surface area contributed by atoms with Gasteiger partial charge in [-0.15, -0.1) is 11.3 Å². The van der Waals surface area contributed by atoms with E-state index < -0.39 is 15.5 Å². The van der Waals surface area contributed by atoms with Gasteiger partial charge >= 0.3 is 0 Å². The molecular formula is C8H9N3O3S2. The summed E-state index contributed by atoms with van der Waals surface area (Å²) < 4.78 is 31.8. The van der Waals surface area contributed by atoms with Crippen LogP contribution in [0.1, 0.15) is 10.4 Å². The maximum atomic E-state index is 11.0. The minimum absolute atomic E-state index is 0.214. The number of nitrogens with zero attached hydrogens (tertiary/aromatic N) is 1. The molecule has 0 aliphatic heterocycles. The van der Waals surface area contributed by atoms with Crippen molar-refractivity contribution in [2.75, 3.05) is 0 Å². The van der Waals surface area contributed by atoms with Gasteiger partial charge in [-0.2, -0.15) is 8.42 Å². The second kappa shape index (κ2) is 4.07. The predicted octanol–water partition coefficient (Wildman–Crippen LogP) is 0.646. The van der Waals surface area contributed by atoms with Gasteiger partial charge in [0.2, 0.25) is 0 Å². The highest BCUT2D eigenvalue weighted by Crippen LogP contribution is 2.28. The van der Waals surface area contributed by atoms with Gasteiger partial charge in [0, 0.05) is 0 Å². The van der Waals surface area contributed by atoms with Gasteiger partial charge in [-0.05, 0) is 12.1 Å². The molecule has 16 heavy (non-hydrogen) atoms. The Morgan fingerprint density at radius 2 is 2.12 bits per heavy atom. The molecule has 6 nitrogen and oxygen atoms in total. The summed E-state index contributed by atoms with van der Waals surface area (Å²) in [4.78, 5) is 4.09. The topological polar surface area (TPSA) is 105 Å². The highest BCUT2D eigenvalue weighted by Gasteiger charge is 2.27. The van der Waals surface area contributed by atoms with Gasteiger partial charge in [0.1, 0.15) is 5.01 Å². The number of thiazole rings is 1. The molecule has 1 heterocycles. The SMILES string of the molecule is NNC(c1nc2ccccc2s1)S(=O)(=O)O. The van der Waals surface area contributed by atoms with Crippen LogP contribution < -0.4 is 11.3 Å². The van der Waals surface area contributed by atoms with Crippen LogP contribution in [0, 0.1) is 0 Å². The van der Waals surface area contributed by atoms with Crippen molar-refractivity contribution in [3.63, 3.8) is 0 Å². The maximum absolute atomic E-state index is 11.0. The van der Waals surface area contributed by atoms with E-state index in [9.17, 15) is 8.42 Å². The molecule has 0 amide bonds. The number of para-hydroxylation sites is 1. The zero-order valence-corrected chi connectivity index (χ0v) is 9.62. The molecule has 1 atom stereocenters. The molecular weight excluding hydrogens is 250 g/mol. The van der Waals surface area contributed by atoms with Crippen molar-refractivity contribution in [3.05, 3.63) is 29.3 Å². The van der Waals surface area contributed by atoms with Crippen LogP contribution in [0.5, 0.6) is 0 Å². The minimum Gasteiger partial charge on any atom is -0.284 e. The van der Waals surface area contributed by atoms with Gasteiger partial charge in [0.25, 0.3) is 10.1 Å². The number of hydrazine groups is 1. The normalized spacial score (nSPS) is 14.1. The number of aromatic nitrogens is 1. The van der Waals surface area contributed by atoms with E-state index in [0.717, 1.165) is 16.0 Å². The lowest BCUT2D eigenvalue weighted by Gasteiger charge is -2.08. The molecule has 0 radical (unpaired) electrons. The van der Waals surface area contributed by atoms with E-state index in [2.05, 4.69) is 4.98 Å². The summed E-state index contributed by atoms with van der Waals surface area (Å²) in [6.45, 7) is 0. The smallest absolute Gasteiger partial charge is 0.284 e. The first-order valence-electron chi connectivity index (χ1n) is 4.30. The second-order valence-electron chi connectivity index (χ2n) is 3.08. The summed E-state index contributed by atoms with van der Waals surface area (Å²) in [7, 11) is -4.30. The summed E-state index contributed by atoms with van der Waals surface area (Å²) in [6, 6.07) is 7.19. The quantitative estimate of drug-likeness (QED) is 0.424. The zero-order valence-electron chi connectivity index (χ0n) is 7.99. The monoisotopic (exact) mass is 259 g/mol. The number of rotatable bonds is 3. The number of hydrogen-bond donors (Lipinski definition) is 3. The van der Waals surface area contributed by atoms with Gasteiger partial charge < -0.3 is 0 Å². The van der Waals surface area contributed by atoms with Crippen molar-refractivity contribution in [1.82, 2.24) is 10.4 Å². The summed E-state index contributed by atoms with van der Waals surface area (Å²) in [6.07, 6.45) is 0. The Labute approximate surface area is 95.8 Å². The van der Waals surface area contributed by atoms with E-state index in [1.54, 1.807) is 12.1 Å². The number of fused-ring (bicyclic) bond motifs is 1. The Morgan fingerprint density at radius 3 is 2.69 bits per heavy atom. The molecule has 8 heteroatoms. The largest absolute Gasteiger partial charge is 0.289 e. The second-order valence-corrected chi connectivity index (χ2v) is 5.65. The van der Waals surface area contributed by atoms with Crippen LogP contribution in [0.4, 0.5) is 0 Å². The number of benzene rings is 1. The Morgan fingerprint density at radius 1 is 1.44 bits per heavy atom. The Kier molecular flexibility index (Phi) is 2.91. The van der Waals surface area contributed by atoms with Gasteiger partial charge in [0.05, 0.1) is 10.2 Å². The first kappa shape index (κ1) is 11.4. The molecule has 1 aromatic heterocycles. The van der Waals surface area contributed by atoms with Crippen LogP contribution in [-0.2, 0) is 10.1 Å². The lowest BCUT2D eigenvalue weighted by Crippen LogP contribution is -2.33. The lowest BCUT2D eigenvalue weighted by molar-refractivity contribution is 0.455. The number of hydrogen-bond acceptors (Lipinski definition) is 6. The van der Waals surface area contributed by atoms with E-state index in [4.69, 9.17) is 10.4 Å². The first-order valence-corrected chi connectivity index (χ1v) is 6.62. The van der Waals surface area contributed by atoms with E-state index in [-0.39, 0.29) is 5.01 Å². The molecule has 4 N–H and O–H groups in total. The highest BCUT2D eigenvalue weighted by molar-refractivity contribution is 7.86. The molecule has 0 saturated carbocycles. The first-order chi connectivity index (χ1) is 7.52. The molecule has 0 saturated heterocycles. The molecule has 86 valence electrons. The van der Waals surface area contributed by atoms with Gasteiger partial charge in [-0.3, -0.25) is 10.4 Å². The fraction of sp³-hybridized carbons (Fsp3) is 0.125. The van der Waals surface area contributed by atoms with Crippen molar-refractivity contribution >= 4 is 31.7 Å². The molecule has 2 rings (SSSR count). The third-order valence-corrected chi connectivity index (χ3v) is 4.19. The van der Waals surface area contributed by atoms with E-state index >= 15 is 0 Å². The van der Waals surface area contributed by atoms with Crippen LogP contribution in [0.15, 0.2) is 24.3 Å².